The molecule has 1 N–H and O–H groups in total. The predicted molar refractivity (Wildman–Crippen MR) is 67.2 cm³/mol. The molecule has 1 aliphatic rings. The average molecular weight is 210 g/mol. The van der Waals surface area contributed by atoms with E-state index in [9.17, 15) is 0 Å². The van der Waals surface area contributed by atoms with E-state index in [1.807, 2.05) is 0 Å². The number of nitrogens with zero attached hydrogens (tertiary/aromatic N) is 1. The van der Waals surface area contributed by atoms with Crippen molar-refractivity contribution in [1.82, 2.24) is 10.2 Å². The van der Waals surface area contributed by atoms with Gasteiger partial charge in [0.2, 0.25) is 0 Å². The number of nitrogens with one attached hydrogen (secondary N) is 1. The van der Waals surface area contributed by atoms with E-state index in [2.05, 4.69) is 30.6 Å². The third-order valence-corrected chi connectivity index (χ3v) is 3.22. The highest BCUT2D eigenvalue weighted by Gasteiger charge is 2.20. The minimum atomic E-state index is 0.738. The Morgan fingerprint density at radius 1 is 1.47 bits per heavy atom. The molecule has 0 bridgehead atoms. The molecule has 1 saturated heterocycles. The molecule has 2 nitrogen and oxygen atoms in total. The second-order valence-corrected chi connectivity index (χ2v) is 4.57. The topological polar surface area (TPSA) is 15.3 Å². The van der Waals surface area contributed by atoms with Crippen LogP contribution in [0.4, 0.5) is 0 Å². The summed E-state index contributed by atoms with van der Waals surface area (Å²) in [4.78, 5) is 2.61. The SMILES string of the molecule is C=C(CC)CN(CCC)C1CCCNC1. The first-order valence-corrected chi connectivity index (χ1v) is 6.39. The van der Waals surface area contributed by atoms with Crippen molar-refractivity contribution in [3.8, 4) is 0 Å². The predicted octanol–water partition coefficient (Wildman–Crippen LogP) is 2.42. The quantitative estimate of drug-likeness (QED) is 0.677. The lowest BCUT2D eigenvalue weighted by Gasteiger charge is -2.35. The lowest BCUT2D eigenvalue weighted by molar-refractivity contribution is 0.178. The molecule has 1 fully saturated rings. The van der Waals surface area contributed by atoms with Gasteiger partial charge in [-0.2, -0.15) is 0 Å². The van der Waals surface area contributed by atoms with Crippen molar-refractivity contribution in [2.75, 3.05) is 26.2 Å². The summed E-state index contributed by atoms with van der Waals surface area (Å²) in [6, 6.07) is 0.738. The molecule has 0 aromatic rings. The number of piperidine rings is 1. The Balaban J connectivity index is 2.43. The van der Waals surface area contributed by atoms with E-state index in [0.29, 0.717) is 0 Å². The molecule has 1 rings (SSSR count). The average Bonchev–Trinajstić information content (AvgIpc) is 2.29. The maximum Gasteiger partial charge on any atom is 0.0224 e. The Morgan fingerprint density at radius 2 is 2.27 bits per heavy atom. The maximum absolute atomic E-state index is 4.13. The summed E-state index contributed by atoms with van der Waals surface area (Å²) >= 11 is 0. The minimum absolute atomic E-state index is 0.738. The molecule has 0 saturated carbocycles. The molecule has 0 radical (unpaired) electrons. The van der Waals surface area contributed by atoms with Crippen LogP contribution >= 0.6 is 0 Å². The minimum Gasteiger partial charge on any atom is -0.315 e. The summed E-state index contributed by atoms with van der Waals surface area (Å²) in [6.45, 7) is 13.3. The van der Waals surface area contributed by atoms with Gasteiger partial charge in [0.15, 0.2) is 0 Å². The molecule has 0 aromatic heterocycles. The number of hydrogen-bond acceptors (Lipinski definition) is 2. The van der Waals surface area contributed by atoms with Gasteiger partial charge in [-0.05, 0) is 38.8 Å². The van der Waals surface area contributed by atoms with E-state index < -0.39 is 0 Å². The van der Waals surface area contributed by atoms with Crippen molar-refractivity contribution in [1.29, 1.82) is 0 Å². The summed E-state index contributed by atoms with van der Waals surface area (Å²) in [7, 11) is 0. The van der Waals surface area contributed by atoms with Gasteiger partial charge in [0.25, 0.3) is 0 Å². The monoisotopic (exact) mass is 210 g/mol. The van der Waals surface area contributed by atoms with Gasteiger partial charge >= 0.3 is 0 Å². The molecule has 1 aliphatic heterocycles. The van der Waals surface area contributed by atoms with Crippen LogP contribution in [0.1, 0.15) is 39.5 Å². The molecule has 2 heteroatoms. The molecule has 0 amide bonds. The van der Waals surface area contributed by atoms with Gasteiger partial charge in [-0.1, -0.05) is 26.0 Å². The van der Waals surface area contributed by atoms with Crippen LogP contribution in [0.3, 0.4) is 0 Å². The first-order chi connectivity index (χ1) is 7.27. The molecule has 1 unspecified atom stereocenters. The molecule has 0 aromatic carbocycles. The molecule has 88 valence electrons. The van der Waals surface area contributed by atoms with E-state index in [4.69, 9.17) is 0 Å². The highest BCUT2D eigenvalue weighted by molar-refractivity contribution is 4.97. The van der Waals surface area contributed by atoms with Crippen molar-refractivity contribution in [2.45, 2.75) is 45.6 Å². The second kappa shape index (κ2) is 7.02. The van der Waals surface area contributed by atoms with Gasteiger partial charge in [-0.3, -0.25) is 4.90 Å². The fourth-order valence-electron chi connectivity index (χ4n) is 2.22. The van der Waals surface area contributed by atoms with Gasteiger partial charge in [0, 0.05) is 19.1 Å². The number of hydrogen-bond donors (Lipinski definition) is 1. The van der Waals surface area contributed by atoms with Crippen molar-refractivity contribution in [3.05, 3.63) is 12.2 Å². The first-order valence-electron chi connectivity index (χ1n) is 6.39. The summed E-state index contributed by atoms with van der Waals surface area (Å²) in [5.74, 6) is 0. The van der Waals surface area contributed by atoms with Gasteiger partial charge in [0.05, 0.1) is 0 Å². The third kappa shape index (κ3) is 4.35. The van der Waals surface area contributed by atoms with E-state index in [1.54, 1.807) is 0 Å². The fraction of sp³-hybridized carbons (Fsp3) is 0.846. The smallest absolute Gasteiger partial charge is 0.0224 e. The normalized spacial score (nSPS) is 21.9. The maximum atomic E-state index is 4.13. The fourth-order valence-corrected chi connectivity index (χ4v) is 2.22. The lowest BCUT2D eigenvalue weighted by atomic mass is 10.0. The van der Waals surface area contributed by atoms with Crippen molar-refractivity contribution in [2.24, 2.45) is 0 Å². The van der Waals surface area contributed by atoms with Crippen LogP contribution in [0.5, 0.6) is 0 Å². The zero-order valence-corrected chi connectivity index (χ0v) is 10.4. The molecule has 1 atom stereocenters. The second-order valence-electron chi connectivity index (χ2n) is 4.57. The van der Waals surface area contributed by atoms with Crippen molar-refractivity contribution in [3.63, 3.8) is 0 Å². The van der Waals surface area contributed by atoms with Gasteiger partial charge in [0.1, 0.15) is 0 Å². The van der Waals surface area contributed by atoms with Crippen LogP contribution in [-0.2, 0) is 0 Å². The van der Waals surface area contributed by atoms with E-state index >= 15 is 0 Å². The molecule has 0 spiro atoms. The summed E-state index contributed by atoms with van der Waals surface area (Å²) < 4.78 is 0. The lowest BCUT2D eigenvalue weighted by Crippen LogP contribution is -2.46. The third-order valence-electron chi connectivity index (χ3n) is 3.22. The molecular formula is C13H26N2. The molecule has 15 heavy (non-hydrogen) atoms. The molecule has 0 aliphatic carbocycles. The van der Waals surface area contributed by atoms with Crippen LogP contribution in [0, 0.1) is 0 Å². The Kier molecular flexibility index (Phi) is 5.96. The molecule has 1 heterocycles. The molecular weight excluding hydrogens is 184 g/mol. The Morgan fingerprint density at radius 3 is 2.80 bits per heavy atom. The van der Waals surface area contributed by atoms with E-state index in [0.717, 1.165) is 25.6 Å². The van der Waals surface area contributed by atoms with Gasteiger partial charge < -0.3 is 5.32 Å². The zero-order valence-electron chi connectivity index (χ0n) is 10.4. The van der Waals surface area contributed by atoms with Crippen LogP contribution in [0.15, 0.2) is 12.2 Å². The van der Waals surface area contributed by atoms with Crippen molar-refractivity contribution < 1.29 is 0 Å². The van der Waals surface area contributed by atoms with Gasteiger partial charge in [-0.25, -0.2) is 0 Å². The Bertz CT molecular complexity index is 183. The van der Waals surface area contributed by atoms with Crippen LogP contribution in [-0.4, -0.2) is 37.1 Å². The van der Waals surface area contributed by atoms with Gasteiger partial charge in [-0.15, -0.1) is 0 Å². The van der Waals surface area contributed by atoms with Crippen molar-refractivity contribution >= 4 is 0 Å². The standard InChI is InChI=1S/C13H26N2/c1-4-9-15(11-12(3)5-2)13-7-6-8-14-10-13/h13-14H,3-11H2,1-2H3. The largest absolute Gasteiger partial charge is 0.315 e. The highest BCUT2D eigenvalue weighted by atomic mass is 15.2. The summed E-state index contributed by atoms with van der Waals surface area (Å²) in [5, 5.41) is 3.49. The van der Waals surface area contributed by atoms with Crippen LogP contribution < -0.4 is 5.32 Å². The van der Waals surface area contributed by atoms with Crippen LogP contribution in [0.2, 0.25) is 0 Å². The number of rotatable bonds is 6. The zero-order chi connectivity index (χ0) is 11.1. The Labute approximate surface area is 94.7 Å². The summed E-state index contributed by atoms with van der Waals surface area (Å²) in [5.41, 5.74) is 1.37. The highest BCUT2D eigenvalue weighted by Crippen LogP contribution is 2.13. The van der Waals surface area contributed by atoms with Crippen LogP contribution in [0.25, 0.3) is 0 Å². The first kappa shape index (κ1) is 12.7. The summed E-state index contributed by atoms with van der Waals surface area (Å²) in [6.07, 6.45) is 5.03. The Hall–Kier alpha value is -0.340. The van der Waals surface area contributed by atoms with E-state index in [-0.39, 0.29) is 0 Å². The van der Waals surface area contributed by atoms with E-state index in [1.165, 1.54) is 37.9 Å².